The first kappa shape index (κ1) is 10.3. The number of aliphatic hydroxyl groups is 1. The van der Waals surface area contributed by atoms with Gasteiger partial charge < -0.3 is 14.7 Å². The van der Waals surface area contributed by atoms with Gasteiger partial charge in [-0.05, 0) is 25.7 Å². The molecule has 76 valence electrons. The van der Waals surface area contributed by atoms with Gasteiger partial charge in [0.25, 0.3) is 0 Å². The van der Waals surface area contributed by atoms with E-state index in [1.54, 1.807) is 11.8 Å². The Morgan fingerprint density at radius 1 is 1.54 bits per heavy atom. The molecule has 1 aliphatic heterocycles. The average Bonchev–Trinajstić information content (AvgIpc) is 2.17. The minimum absolute atomic E-state index is 0.260. The van der Waals surface area contributed by atoms with Gasteiger partial charge in [-0.15, -0.1) is 0 Å². The van der Waals surface area contributed by atoms with Gasteiger partial charge in [-0.1, -0.05) is 0 Å². The summed E-state index contributed by atoms with van der Waals surface area (Å²) in [5, 5.41) is 9.32. The molecule has 1 atom stereocenters. The van der Waals surface area contributed by atoms with Crippen molar-refractivity contribution in [2.45, 2.75) is 25.9 Å². The maximum absolute atomic E-state index is 11.1. The Morgan fingerprint density at radius 2 is 2.08 bits per heavy atom. The first-order valence-electron chi connectivity index (χ1n) is 4.66. The van der Waals surface area contributed by atoms with Crippen molar-refractivity contribution >= 4 is 6.09 Å². The number of rotatable bonds is 1. The van der Waals surface area contributed by atoms with Crippen LogP contribution in [0, 0.1) is 5.92 Å². The molecular weight excluding hydrogens is 170 g/mol. The molecule has 0 saturated carbocycles. The number of ether oxygens (including phenoxy) is 1. The number of piperidine rings is 1. The number of hydrogen-bond acceptors (Lipinski definition) is 3. The summed E-state index contributed by atoms with van der Waals surface area (Å²) in [6.07, 6.45) is 1.21. The lowest BCUT2D eigenvalue weighted by Gasteiger charge is -2.32. The molecule has 1 unspecified atom stereocenters. The van der Waals surface area contributed by atoms with Gasteiger partial charge in [0.2, 0.25) is 0 Å². The number of amides is 1. The Balaban J connectivity index is 2.34. The smallest absolute Gasteiger partial charge is 0.409 e. The minimum Gasteiger partial charge on any atom is -0.453 e. The molecule has 0 aromatic heterocycles. The van der Waals surface area contributed by atoms with Crippen LogP contribution in [0.5, 0.6) is 0 Å². The maximum atomic E-state index is 11.1. The molecule has 4 nitrogen and oxygen atoms in total. The first-order valence-corrected chi connectivity index (χ1v) is 4.66. The van der Waals surface area contributed by atoms with Crippen molar-refractivity contribution in [1.29, 1.82) is 0 Å². The third kappa shape index (κ3) is 2.59. The van der Waals surface area contributed by atoms with Gasteiger partial charge in [0.1, 0.15) is 0 Å². The van der Waals surface area contributed by atoms with Gasteiger partial charge >= 0.3 is 6.09 Å². The summed E-state index contributed by atoms with van der Waals surface area (Å²) >= 11 is 0. The van der Waals surface area contributed by atoms with E-state index in [0.717, 1.165) is 12.8 Å². The summed E-state index contributed by atoms with van der Waals surface area (Å²) in [7, 11) is 1.39. The number of carbonyl (C=O) groups is 1. The average molecular weight is 187 g/mol. The largest absolute Gasteiger partial charge is 0.453 e. The molecule has 1 heterocycles. The van der Waals surface area contributed by atoms with Crippen molar-refractivity contribution in [1.82, 2.24) is 4.90 Å². The zero-order valence-electron chi connectivity index (χ0n) is 8.19. The molecule has 0 radical (unpaired) electrons. The minimum atomic E-state index is -0.264. The summed E-state index contributed by atoms with van der Waals surface area (Å²) in [6, 6.07) is 0. The monoisotopic (exact) mass is 187 g/mol. The Kier molecular flexibility index (Phi) is 3.54. The fourth-order valence-electron chi connectivity index (χ4n) is 1.69. The van der Waals surface area contributed by atoms with Gasteiger partial charge in [0.05, 0.1) is 13.2 Å². The summed E-state index contributed by atoms with van der Waals surface area (Å²) < 4.78 is 4.61. The summed E-state index contributed by atoms with van der Waals surface area (Å²) in [5.74, 6) is 0.334. The highest BCUT2D eigenvalue weighted by Gasteiger charge is 2.25. The van der Waals surface area contributed by atoms with E-state index in [2.05, 4.69) is 4.74 Å². The Hall–Kier alpha value is -0.770. The van der Waals surface area contributed by atoms with E-state index < -0.39 is 0 Å². The van der Waals surface area contributed by atoms with E-state index in [9.17, 15) is 9.90 Å². The van der Waals surface area contributed by atoms with Crippen LogP contribution in [0.1, 0.15) is 19.8 Å². The predicted octanol–water partition coefficient (Wildman–Crippen LogP) is 0.846. The highest BCUT2D eigenvalue weighted by Crippen LogP contribution is 2.20. The van der Waals surface area contributed by atoms with E-state index >= 15 is 0 Å². The van der Waals surface area contributed by atoms with E-state index in [0.29, 0.717) is 19.0 Å². The summed E-state index contributed by atoms with van der Waals surface area (Å²) in [4.78, 5) is 12.8. The lowest BCUT2D eigenvalue weighted by atomic mass is 9.92. The second-order valence-electron chi connectivity index (χ2n) is 3.54. The fourth-order valence-corrected chi connectivity index (χ4v) is 1.69. The van der Waals surface area contributed by atoms with Crippen molar-refractivity contribution < 1.29 is 14.6 Å². The van der Waals surface area contributed by atoms with E-state index in [-0.39, 0.29) is 12.2 Å². The second kappa shape index (κ2) is 4.46. The van der Waals surface area contributed by atoms with Gasteiger partial charge in [-0.2, -0.15) is 0 Å². The topological polar surface area (TPSA) is 49.8 Å². The van der Waals surface area contributed by atoms with Gasteiger partial charge in [-0.3, -0.25) is 0 Å². The van der Waals surface area contributed by atoms with Crippen molar-refractivity contribution in [2.24, 2.45) is 5.92 Å². The molecule has 0 aromatic rings. The number of carbonyl (C=O) groups excluding carboxylic acids is 1. The SMILES string of the molecule is COC(=O)N1CCC(C(C)O)CC1. The van der Waals surface area contributed by atoms with Gasteiger partial charge in [0.15, 0.2) is 0 Å². The molecule has 1 saturated heterocycles. The van der Waals surface area contributed by atoms with Crippen LogP contribution in [0.3, 0.4) is 0 Å². The van der Waals surface area contributed by atoms with Crippen molar-refractivity contribution in [2.75, 3.05) is 20.2 Å². The van der Waals surface area contributed by atoms with E-state index in [1.807, 2.05) is 0 Å². The van der Waals surface area contributed by atoms with Crippen LogP contribution in [-0.4, -0.2) is 42.4 Å². The Morgan fingerprint density at radius 3 is 2.46 bits per heavy atom. The highest BCUT2D eigenvalue weighted by atomic mass is 16.5. The zero-order chi connectivity index (χ0) is 9.84. The van der Waals surface area contributed by atoms with Crippen LogP contribution >= 0.6 is 0 Å². The summed E-state index contributed by atoms with van der Waals surface area (Å²) in [5.41, 5.74) is 0. The van der Waals surface area contributed by atoms with Crippen LogP contribution in [-0.2, 0) is 4.74 Å². The Bertz CT molecular complexity index is 174. The number of aliphatic hydroxyl groups excluding tert-OH is 1. The number of methoxy groups -OCH3 is 1. The molecule has 0 bridgehead atoms. The normalized spacial score (nSPS) is 21.3. The standard InChI is InChI=1S/C9H17NO3/c1-7(11)8-3-5-10(6-4-8)9(12)13-2/h7-8,11H,3-6H2,1-2H3. The second-order valence-corrected chi connectivity index (χ2v) is 3.54. The molecule has 4 heteroatoms. The molecular formula is C9H17NO3. The maximum Gasteiger partial charge on any atom is 0.409 e. The number of likely N-dealkylation sites (tertiary alicyclic amines) is 1. The summed E-state index contributed by atoms with van der Waals surface area (Å²) in [6.45, 7) is 3.20. The predicted molar refractivity (Wildman–Crippen MR) is 48.4 cm³/mol. The van der Waals surface area contributed by atoms with Crippen molar-refractivity contribution in [3.05, 3.63) is 0 Å². The molecule has 1 aliphatic rings. The molecule has 1 N–H and O–H groups in total. The number of nitrogens with zero attached hydrogens (tertiary/aromatic N) is 1. The lowest BCUT2D eigenvalue weighted by Crippen LogP contribution is -2.40. The molecule has 0 aliphatic carbocycles. The first-order chi connectivity index (χ1) is 6.15. The zero-order valence-corrected chi connectivity index (χ0v) is 8.19. The van der Waals surface area contributed by atoms with Crippen molar-refractivity contribution in [3.63, 3.8) is 0 Å². The Labute approximate surface area is 78.5 Å². The van der Waals surface area contributed by atoms with Gasteiger partial charge in [-0.25, -0.2) is 4.79 Å². The van der Waals surface area contributed by atoms with E-state index in [1.165, 1.54) is 7.11 Å². The quantitative estimate of drug-likeness (QED) is 0.662. The van der Waals surface area contributed by atoms with Gasteiger partial charge in [0, 0.05) is 13.1 Å². The number of hydrogen-bond donors (Lipinski definition) is 1. The van der Waals surface area contributed by atoms with Crippen LogP contribution in [0.2, 0.25) is 0 Å². The van der Waals surface area contributed by atoms with Crippen molar-refractivity contribution in [3.8, 4) is 0 Å². The van der Waals surface area contributed by atoms with Crippen LogP contribution < -0.4 is 0 Å². The molecule has 1 rings (SSSR count). The van der Waals surface area contributed by atoms with Crippen LogP contribution in [0.4, 0.5) is 4.79 Å². The molecule has 13 heavy (non-hydrogen) atoms. The molecule has 1 amide bonds. The molecule has 1 fully saturated rings. The van der Waals surface area contributed by atoms with Crippen LogP contribution in [0.25, 0.3) is 0 Å². The third-order valence-electron chi connectivity index (χ3n) is 2.65. The highest BCUT2D eigenvalue weighted by molar-refractivity contribution is 5.67. The third-order valence-corrected chi connectivity index (χ3v) is 2.65. The molecule has 0 aromatic carbocycles. The fraction of sp³-hybridized carbons (Fsp3) is 0.889. The molecule has 0 spiro atoms. The van der Waals surface area contributed by atoms with Crippen LogP contribution in [0.15, 0.2) is 0 Å². The lowest BCUT2D eigenvalue weighted by molar-refractivity contribution is 0.0626. The van der Waals surface area contributed by atoms with E-state index in [4.69, 9.17) is 0 Å².